The molecule has 2 aromatic rings. The smallest absolute Gasteiger partial charge is 0.336 e. The van der Waals surface area contributed by atoms with E-state index in [1.165, 1.54) is 17.7 Å². The van der Waals surface area contributed by atoms with Gasteiger partial charge < -0.3 is 5.11 Å². The van der Waals surface area contributed by atoms with Crippen LogP contribution in [0.4, 0.5) is 10.5 Å². The van der Waals surface area contributed by atoms with Crippen LogP contribution in [0.25, 0.3) is 6.08 Å². The molecule has 1 aliphatic rings. The molecule has 0 spiro atoms. The van der Waals surface area contributed by atoms with Gasteiger partial charge in [-0.05, 0) is 60.0 Å². The van der Waals surface area contributed by atoms with Crippen molar-refractivity contribution in [3.63, 3.8) is 0 Å². The highest BCUT2D eigenvalue weighted by atomic mass is 32.2. The summed E-state index contributed by atoms with van der Waals surface area (Å²) >= 11 is 0.816. The Hall–Kier alpha value is -2.86. The Bertz CT molecular complexity index is 918. The summed E-state index contributed by atoms with van der Waals surface area (Å²) in [4.78, 5) is 37.8. The van der Waals surface area contributed by atoms with Crippen molar-refractivity contribution in [2.75, 3.05) is 4.90 Å². The number of carboxylic acid groups (broad SMARTS) is 1. The molecule has 0 saturated carbocycles. The van der Waals surface area contributed by atoms with Crippen molar-refractivity contribution < 1.29 is 19.5 Å². The van der Waals surface area contributed by atoms with E-state index in [4.69, 9.17) is 0 Å². The molecule has 2 amide bonds. The summed E-state index contributed by atoms with van der Waals surface area (Å²) in [6.07, 6.45) is 4.62. The molecule has 2 aromatic carbocycles. The number of anilines is 1. The van der Waals surface area contributed by atoms with E-state index >= 15 is 0 Å². The summed E-state index contributed by atoms with van der Waals surface area (Å²) in [6.45, 7) is 2.13. The van der Waals surface area contributed by atoms with Gasteiger partial charge in [-0.25, -0.2) is 9.69 Å². The van der Waals surface area contributed by atoms with Crippen molar-refractivity contribution in [2.45, 2.75) is 26.2 Å². The molecule has 0 bridgehead atoms. The van der Waals surface area contributed by atoms with Gasteiger partial charge in [0.25, 0.3) is 11.1 Å². The number of thioether (sulfide) groups is 1. The number of hydrogen-bond donors (Lipinski definition) is 1. The van der Waals surface area contributed by atoms with E-state index in [0.717, 1.165) is 35.9 Å². The highest BCUT2D eigenvalue weighted by Gasteiger charge is 2.36. The molecule has 5 nitrogen and oxygen atoms in total. The molecule has 27 heavy (non-hydrogen) atoms. The number of carbonyl (C=O) groups is 3. The Labute approximate surface area is 161 Å². The van der Waals surface area contributed by atoms with Crippen LogP contribution in [-0.4, -0.2) is 22.2 Å². The standard InChI is InChI=1S/C21H19NO4S/c1-2-3-6-14-9-11-16(12-10-14)22-19(23)18(27-21(22)26)13-15-7-4-5-8-17(15)20(24)25/h4-5,7-13H,2-3,6H2,1H3,(H,24,25)/b18-13+. The molecule has 1 heterocycles. The van der Waals surface area contributed by atoms with E-state index in [1.54, 1.807) is 30.3 Å². The van der Waals surface area contributed by atoms with Crippen LogP contribution in [0, 0.1) is 0 Å². The summed E-state index contributed by atoms with van der Waals surface area (Å²) in [5.74, 6) is -1.52. The van der Waals surface area contributed by atoms with Gasteiger partial charge in [-0.15, -0.1) is 0 Å². The number of amides is 2. The van der Waals surface area contributed by atoms with Crippen LogP contribution in [0.2, 0.25) is 0 Å². The molecule has 0 atom stereocenters. The van der Waals surface area contributed by atoms with Crippen molar-refractivity contribution >= 4 is 40.6 Å². The molecule has 138 valence electrons. The molecule has 1 N–H and O–H groups in total. The van der Waals surface area contributed by atoms with Gasteiger partial charge in [0.15, 0.2) is 0 Å². The van der Waals surface area contributed by atoms with Gasteiger partial charge in [-0.1, -0.05) is 43.7 Å². The summed E-state index contributed by atoms with van der Waals surface area (Å²) < 4.78 is 0. The second kappa shape index (κ2) is 8.22. The average molecular weight is 381 g/mol. The molecular weight excluding hydrogens is 362 g/mol. The largest absolute Gasteiger partial charge is 0.478 e. The van der Waals surface area contributed by atoms with E-state index in [9.17, 15) is 19.5 Å². The molecule has 0 aliphatic carbocycles. The summed E-state index contributed by atoms with van der Waals surface area (Å²) in [6, 6.07) is 13.8. The lowest BCUT2D eigenvalue weighted by Gasteiger charge is -2.13. The number of nitrogens with zero attached hydrogens (tertiary/aromatic N) is 1. The van der Waals surface area contributed by atoms with Crippen molar-refractivity contribution in [3.8, 4) is 0 Å². The molecule has 6 heteroatoms. The van der Waals surface area contributed by atoms with Crippen molar-refractivity contribution in [3.05, 3.63) is 70.1 Å². The van der Waals surface area contributed by atoms with E-state index in [0.29, 0.717) is 11.3 Å². The minimum Gasteiger partial charge on any atom is -0.478 e. The van der Waals surface area contributed by atoms with Crippen molar-refractivity contribution in [1.29, 1.82) is 0 Å². The van der Waals surface area contributed by atoms with Crippen LogP contribution in [0.15, 0.2) is 53.4 Å². The highest BCUT2D eigenvalue weighted by molar-refractivity contribution is 8.19. The van der Waals surface area contributed by atoms with E-state index < -0.39 is 11.9 Å². The molecule has 1 fully saturated rings. The van der Waals surface area contributed by atoms with Gasteiger partial charge in [0.2, 0.25) is 0 Å². The van der Waals surface area contributed by atoms with Crippen molar-refractivity contribution in [2.24, 2.45) is 0 Å². The number of imide groups is 1. The van der Waals surface area contributed by atoms with Crippen molar-refractivity contribution in [1.82, 2.24) is 0 Å². The maximum absolute atomic E-state index is 12.7. The fourth-order valence-corrected chi connectivity index (χ4v) is 3.67. The predicted octanol–water partition coefficient (Wildman–Crippen LogP) is 4.97. The first kappa shape index (κ1) is 18.9. The SMILES string of the molecule is CCCCc1ccc(N2C(=O)S/C(=C/c3ccccc3C(=O)O)C2=O)cc1. The van der Waals surface area contributed by atoms with E-state index in [-0.39, 0.29) is 15.7 Å². The normalized spacial score (nSPS) is 15.6. The molecule has 1 saturated heterocycles. The number of hydrogen-bond acceptors (Lipinski definition) is 4. The second-order valence-electron chi connectivity index (χ2n) is 6.18. The minimum atomic E-state index is -1.08. The van der Waals surface area contributed by atoms with Gasteiger partial charge >= 0.3 is 5.97 Å². The lowest BCUT2D eigenvalue weighted by atomic mass is 10.1. The van der Waals surface area contributed by atoms with Crippen LogP contribution in [0.5, 0.6) is 0 Å². The molecule has 0 aromatic heterocycles. The number of aromatic carboxylic acids is 1. The topological polar surface area (TPSA) is 74.7 Å². The number of aryl methyl sites for hydroxylation is 1. The van der Waals surface area contributed by atoms with Gasteiger partial charge in [0, 0.05) is 0 Å². The lowest BCUT2D eigenvalue weighted by molar-refractivity contribution is -0.113. The second-order valence-corrected chi connectivity index (χ2v) is 7.17. The van der Waals surface area contributed by atoms with Crippen LogP contribution in [-0.2, 0) is 11.2 Å². The Kier molecular flexibility index (Phi) is 5.76. The summed E-state index contributed by atoms with van der Waals surface area (Å²) in [5, 5.41) is 8.89. The number of carbonyl (C=O) groups excluding carboxylic acids is 2. The third-order valence-corrected chi connectivity index (χ3v) is 5.15. The number of benzene rings is 2. The molecule has 0 unspecified atom stereocenters. The number of unbranched alkanes of at least 4 members (excludes halogenated alkanes) is 1. The third kappa shape index (κ3) is 4.11. The predicted molar refractivity (Wildman–Crippen MR) is 107 cm³/mol. The third-order valence-electron chi connectivity index (χ3n) is 4.29. The van der Waals surface area contributed by atoms with Gasteiger partial charge in [0.05, 0.1) is 16.2 Å². The first-order chi connectivity index (χ1) is 13.0. The number of rotatable bonds is 6. The first-order valence-electron chi connectivity index (χ1n) is 8.70. The zero-order valence-corrected chi connectivity index (χ0v) is 15.7. The molecule has 3 rings (SSSR count). The zero-order chi connectivity index (χ0) is 19.4. The Morgan fingerprint density at radius 2 is 1.81 bits per heavy atom. The maximum Gasteiger partial charge on any atom is 0.336 e. The van der Waals surface area contributed by atoms with Crippen LogP contribution in [0.1, 0.15) is 41.3 Å². The van der Waals surface area contributed by atoms with Crippen LogP contribution < -0.4 is 4.90 Å². The quantitative estimate of drug-likeness (QED) is 0.715. The summed E-state index contributed by atoms with van der Waals surface area (Å²) in [7, 11) is 0. The summed E-state index contributed by atoms with van der Waals surface area (Å²) in [5.41, 5.74) is 2.17. The molecule has 0 radical (unpaired) electrons. The van der Waals surface area contributed by atoms with Gasteiger partial charge in [-0.2, -0.15) is 0 Å². The van der Waals surface area contributed by atoms with E-state index in [2.05, 4.69) is 6.92 Å². The highest BCUT2D eigenvalue weighted by Crippen LogP contribution is 2.36. The molecule has 1 aliphatic heterocycles. The van der Waals surface area contributed by atoms with Crippen LogP contribution in [0.3, 0.4) is 0 Å². The Balaban J connectivity index is 1.86. The van der Waals surface area contributed by atoms with E-state index in [1.807, 2.05) is 12.1 Å². The average Bonchev–Trinajstić information content (AvgIpc) is 2.94. The molecular formula is C21H19NO4S. The zero-order valence-electron chi connectivity index (χ0n) is 14.8. The monoisotopic (exact) mass is 381 g/mol. The maximum atomic E-state index is 12.7. The fraction of sp³-hybridized carbons (Fsp3) is 0.190. The number of carboxylic acids is 1. The van der Waals surface area contributed by atoms with Gasteiger partial charge in [0.1, 0.15) is 0 Å². The Morgan fingerprint density at radius 1 is 1.11 bits per heavy atom. The first-order valence-corrected chi connectivity index (χ1v) is 9.52. The lowest BCUT2D eigenvalue weighted by Crippen LogP contribution is -2.27. The Morgan fingerprint density at radius 3 is 2.48 bits per heavy atom. The van der Waals surface area contributed by atoms with Gasteiger partial charge in [-0.3, -0.25) is 9.59 Å². The fourth-order valence-electron chi connectivity index (χ4n) is 2.84. The van der Waals surface area contributed by atoms with Crippen LogP contribution >= 0.6 is 11.8 Å². The minimum absolute atomic E-state index is 0.0876.